The van der Waals surface area contributed by atoms with E-state index in [0.717, 1.165) is 30.2 Å². The van der Waals surface area contributed by atoms with Crippen LogP contribution in [0.4, 0.5) is 4.39 Å². The van der Waals surface area contributed by atoms with Crippen LogP contribution in [0.2, 0.25) is 0 Å². The van der Waals surface area contributed by atoms with E-state index in [-0.39, 0.29) is 5.54 Å². The predicted molar refractivity (Wildman–Crippen MR) is 106 cm³/mol. The molecule has 3 aromatic rings. The van der Waals surface area contributed by atoms with E-state index in [4.69, 9.17) is 5.73 Å². The van der Waals surface area contributed by atoms with Gasteiger partial charge in [-0.3, -0.25) is 15.0 Å². The van der Waals surface area contributed by atoms with E-state index in [1.807, 2.05) is 24.3 Å². The summed E-state index contributed by atoms with van der Waals surface area (Å²) in [5.74, 6) is 0.113. The van der Waals surface area contributed by atoms with Crippen LogP contribution < -0.4 is 11.5 Å². The van der Waals surface area contributed by atoms with Crippen LogP contribution in [0.5, 0.6) is 0 Å². The lowest BCUT2D eigenvalue weighted by molar-refractivity contribution is -0.494. The Morgan fingerprint density at radius 2 is 1.71 bits per heavy atom. The number of benzene rings is 1. The number of nitrogens with zero attached hydrogens (tertiary/aromatic N) is 4. The summed E-state index contributed by atoms with van der Waals surface area (Å²) in [6, 6.07) is 9.08. The van der Waals surface area contributed by atoms with Gasteiger partial charge < -0.3 is 11.5 Å². The molecule has 2 heterocycles. The third-order valence-electron chi connectivity index (χ3n) is 5.11. The molecule has 142 valence electrons. The summed E-state index contributed by atoms with van der Waals surface area (Å²) in [4.78, 5) is 17.2. The van der Waals surface area contributed by atoms with Gasteiger partial charge in [-0.05, 0) is 12.5 Å². The van der Waals surface area contributed by atoms with Crippen molar-refractivity contribution in [2.24, 2.45) is 10.7 Å². The van der Waals surface area contributed by atoms with Gasteiger partial charge in [0.25, 0.3) is 0 Å². The van der Waals surface area contributed by atoms with E-state index in [1.165, 1.54) is 12.5 Å². The highest BCUT2D eigenvalue weighted by molar-refractivity contribution is 5.97. The molecule has 6 nitrogen and oxygen atoms in total. The lowest BCUT2D eigenvalue weighted by atomic mass is 9.78. The van der Waals surface area contributed by atoms with Crippen molar-refractivity contribution in [2.75, 3.05) is 6.54 Å². The van der Waals surface area contributed by atoms with Gasteiger partial charge in [0.05, 0.1) is 36.5 Å². The van der Waals surface area contributed by atoms with Crippen molar-refractivity contribution in [1.82, 2.24) is 15.0 Å². The maximum Gasteiger partial charge on any atom is 0.142 e. The van der Waals surface area contributed by atoms with Gasteiger partial charge >= 0.3 is 0 Å². The van der Waals surface area contributed by atoms with Crippen LogP contribution in [0.15, 0.2) is 60.1 Å². The number of nitrogens with two attached hydrogens (primary N) is 1. The lowest BCUT2D eigenvalue weighted by Gasteiger charge is -2.32. The molecule has 2 aromatic heterocycles. The SMILES string of the molecule is NC(=NCC1([NH3+])CCC1)c1ccc(-c2cncc(-c3cncc(F)c3)n2)cc1. The highest BCUT2D eigenvalue weighted by Gasteiger charge is 2.36. The molecule has 1 fully saturated rings. The van der Waals surface area contributed by atoms with E-state index in [1.54, 1.807) is 18.6 Å². The molecule has 1 aliphatic carbocycles. The average Bonchev–Trinajstić information content (AvgIpc) is 2.71. The van der Waals surface area contributed by atoms with Crippen LogP contribution in [0.25, 0.3) is 22.5 Å². The molecule has 7 heteroatoms. The third kappa shape index (κ3) is 3.89. The van der Waals surface area contributed by atoms with Gasteiger partial charge in [0.2, 0.25) is 0 Å². The van der Waals surface area contributed by atoms with Crippen LogP contribution >= 0.6 is 0 Å². The minimum atomic E-state index is -0.408. The number of halogens is 1. The van der Waals surface area contributed by atoms with Crippen molar-refractivity contribution in [3.8, 4) is 22.5 Å². The summed E-state index contributed by atoms with van der Waals surface area (Å²) >= 11 is 0. The first-order valence-corrected chi connectivity index (χ1v) is 9.22. The van der Waals surface area contributed by atoms with Crippen LogP contribution in [-0.4, -0.2) is 32.9 Å². The van der Waals surface area contributed by atoms with Gasteiger partial charge in [0, 0.05) is 35.7 Å². The van der Waals surface area contributed by atoms with E-state index in [9.17, 15) is 4.39 Å². The Morgan fingerprint density at radius 1 is 1.04 bits per heavy atom. The second-order valence-corrected chi connectivity index (χ2v) is 7.31. The van der Waals surface area contributed by atoms with Crippen molar-refractivity contribution in [3.05, 3.63) is 66.5 Å². The van der Waals surface area contributed by atoms with Crippen LogP contribution in [-0.2, 0) is 0 Å². The quantitative estimate of drug-likeness (QED) is 0.525. The molecule has 0 bridgehead atoms. The third-order valence-corrected chi connectivity index (χ3v) is 5.11. The van der Waals surface area contributed by atoms with E-state index in [0.29, 0.717) is 29.3 Å². The van der Waals surface area contributed by atoms with E-state index in [2.05, 4.69) is 25.7 Å². The number of aromatic nitrogens is 3. The normalized spacial score (nSPS) is 15.9. The number of aliphatic imine (C=N–C) groups is 1. The fourth-order valence-corrected chi connectivity index (χ4v) is 3.19. The Morgan fingerprint density at radius 3 is 2.36 bits per heavy atom. The fraction of sp³-hybridized carbons (Fsp3) is 0.238. The Labute approximate surface area is 162 Å². The van der Waals surface area contributed by atoms with Crippen molar-refractivity contribution in [2.45, 2.75) is 24.8 Å². The number of quaternary nitrogens is 1. The molecule has 1 aromatic carbocycles. The molecule has 1 saturated carbocycles. The highest BCUT2D eigenvalue weighted by Crippen LogP contribution is 2.27. The summed E-state index contributed by atoms with van der Waals surface area (Å²) < 4.78 is 13.4. The largest absolute Gasteiger partial charge is 0.384 e. The topological polar surface area (TPSA) is 105 Å². The zero-order valence-electron chi connectivity index (χ0n) is 15.5. The zero-order chi connectivity index (χ0) is 19.6. The molecule has 1 aliphatic rings. The molecule has 0 aliphatic heterocycles. The van der Waals surface area contributed by atoms with Crippen LogP contribution in [0, 0.1) is 5.82 Å². The molecule has 0 saturated heterocycles. The molecule has 0 unspecified atom stereocenters. The van der Waals surface area contributed by atoms with Crippen molar-refractivity contribution >= 4 is 5.84 Å². The van der Waals surface area contributed by atoms with Gasteiger partial charge in [0.15, 0.2) is 0 Å². The summed E-state index contributed by atoms with van der Waals surface area (Å²) in [6.45, 7) is 0.662. The number of rotatable bonds is 5. The summed E-state index contributed by atoms with van der Waals surface area (Å²) in [7, 11) is 0. The van der Waals surface area contributed by atoms with Gasteiger partial charge in [-0.25, -0.2) is 9.37 Å². The zero-order valence-corrected chi connectivity index (χ0v) is 15.5. The molecular weight excluding hydrogens is 355 g/mol. The van der Waals surface area contributed by atoms with E-state index < -0.39 is 5.82 Å². The van der Waals surface area contributed by atoms with Crippen LogP contribution in [0.3, 0.4) is 0 Å². The van der Waals surface area contributed by atoms with E-state index >= 15 is 0 Å². The van der Waals surface area contributed by atoms with Crippen molar-refractivity contribution in [1.29, 1.82) is 0 Å². The first-order valence-electron chi connectivity index (χ1n) is 9.22. The number of hydrogen-bond donors (Lipinski definition) is 2. The monoisotopic (exact) mass is 377 g/mol. The highest BCUT2D eigenvalue weighted by atomic mass is 19.1. The summed E-state index contributed by atoms with van der Waals surface area (Å²) in [6.07, 6.45) is 9.43. The minimum Gasteiger partial charge on any atom is -0.384 e. The number of pyridine rings is 1. The molecule has 0 amide bonds. The lowest BCUT2D eigenvalue weighted by Crippen LogP contribution is -2.77. The van der Waals surface area contributed by atoms with Gasteiger partial charge in [-0.15, -0.1) is 0 Å². The summed E-state index contributed by atoms with van der Waals surface area (Å²) in [5.41, 5.74) is 14.0. The Balaban J connectivity index is 1.54. The van der Waals surface area contributed by atoms with Gasteiger partial charge in [-0.1, -0.05) is 24.3 Å². The molecule has 0 atom stereocenters. The maximum atomic E-state index is 13.4. The van der Waals surface area contributed by atoms with Crippen molar-refractivity contribution in [3.63, 3.8) is 0 Å². The molecule has 4 rings (SSSR count). The standard InChI is InChI=1S/C21H21FN6/c22-17-8-16(9-25-10-17)19-12-26-11-18(28-19)14-2-4-15(5-3-14)20(23)27-13-21(24)6-1-7-21/h2-5,8-12H,1,6-7,13,24H2,(H2,23,27)/p+1. The smallest absolute Gasteiger partial charge is 0.142 e. The minimum absolute atomic E-state index is 0.0619. The molecule has 0 spiro atoms. The fourth-order valence-electron chi connectivity index (χ4n) is 3.19. The Kier molecular flexibility index (Phi) is 4.83. The van der Waals surface area contributed by atoms with Crippen LogP contribution in [0.1, 0.15) is 24.8 Å². The second-order valence-electron chi connectivity index (χ2n) is 7.31. The first-order chi connectivity index (χ1) is 13.5. The Bertz CT molecular complexity index is 1010. The molecule has 0 radical (unpaired) electrons. The predicted octanol–water partition coefficient (Wildman–Crippen LogP) is 2.21. The molecule has 5 N–H and O–H groups in total. The summed E-state index contributed by atoms with van der Waals surface area (Å²) in [5, 5.41) is 0. The Hall–Kier alpha value is -3.19. The second kappa shape index (κ2) is 7.44. The molecule has 28 heavy (non-hydrogen) atoms. The number of hydrogen-bond acceptors (Lipinski definition) is 4. The van der Waals surface area contributed by atoms with Gasteiger partial charge in [0.1, 0.15) is 17.2 Å². The van der Waals surface area contributed by atoms with Crippen molar-refractivity contribution < 1.29 is 10.1 Å². The average molecular weight is 377 g/mol. The molecular formula is C21H22FN6+. The maximum absolute atomic E-state index is 13.4. The van der Waals surface area contributed by atoms with Gasteiger partial charge in [-0.2, -0.15) is 0 Å². The first kappa shape index (κ1) is 18.2. The number of amidine groups is 1.